The fourth-order valence-corrected chi connectivity index (χ4v) is 2.06. The van der Waals surface area contributed by atoms with Crippen LogP contribution in [0.4, 0.5) is 5.82 Å². The molecule has 1 aromatic carbocycles. The molecule has 2 rings (SSSR count). The average molecular weight is 336 g/mol. The summed E-state index contributed by atoms with van der Waals surface area (Å²) in [5.41, 5.74) is 2.08. The first-order valence-corrected chi connectivity index (χ1v) is 7.31. The van der Waals surface area contributed by atoms with E-state index in [9.17, 15) is 0 Å². The number of benzene rings is 1. The maximum Gasteiger partial charge on any atom is 0.149 e. The van der Waals surface area contributed by atoms with Crippen molar-refractivity contribution in [3.63, 3.8) is 0 Å². The van der Waals surface area contributed by atoms with E-state index < -0.39 is 0 Å². The quantitative estimate of drug-likeness (QED) is 0.904. The minimum absolute atomic E-state index is 0.0251. The van der Waals surface area contributed by atoms with Gasteiger partial charge in [0.15, 0.2) is 0 Å². The van der Waals surface area contributed by atoms with Gasteiger partial charge in [0.2, 0.25) is 0 Å². The summed E-state index contributed by atoms with van der Waals surface area (Å²) >= 11 is 3.47. The molecule has 5 heteroatoms. The number of hydrogen-bond donors (Lipinski definition) is 1. The summed E-state index contributed by atoms with van der Waals surface area (Å²) in [5.74, 6) is 1.61. The van der Waals surface area contributed by atoms with Gasteiger partial charge in [-0.15, -0.1) is 5.10 Å². The van der Waals surface area contributed by atoms with Crippen molar-refractivity contribution in [2.75, 3.05) is 11.9 Å². The van der Waals surface area contributed by atoms with Crippen molar-refractivity contribution in [1.82, 2.24) is 10.2 Å². The van der Waals surface area contributed by atoms with Crippen LogP contribution >= 0.6 is 15.9 Å². The van der Waals surface area contributed by atoms with E-state index in [-0.39, 0.29) is 6.10 Å². The Morgan fingerprint density at radius 2 is 2.00 bits per heavy atom. The molecule has 0 amide bonds. The minimum Gasteiger partial charge on any atom is -0.488 e. The molecule has 0 fully saturated rings. The highest BCUT2D eigenvalue weighted by Gasteiger charge is 2.07. The number of nitrogens with one attached hydrogen (secondary N) is 1. The summed E-state index contributed by atoms with van der Waals surface area (Å²) in [6, 6.07) is 9.81. The molecule has 2 aromatic rings. The predicted molar refractivity (Wildman–Crippen MR) is 84.2 cm³/mol. The number of para-hydroxylation sites is 1. The summed E-state index contributed by atoms with van der Waals surface area (Å²) in [6.07, 6.45) is 0.0251. The fraction of sp³-hybridized carbons (Fsp3) is 0.333. The van der Waals surface area contributed by atoms with Crippen LogP contribution in [0.1, 0.15) is 18.2 Å². The molecular formula is C15H18BrN3O. The van der Waals surface area contributed by atoms with Crippen LogP contribution < -0.4 is 10.1 Å². The van der Waals surface area contributed by atoms with Crippen LogP contribution in [-0.4, -0.2) is 22.8 Å². The van der Waals surface area contributed by atoms with E-state index in [4.69, 9.17) is 4.74 Å². The molecule has 0 bridgehead atoms. The number of rotatable bonds is 5. The molecule has 0 saturated carbocycles. The Kier molecular flexibility index (Phi) is 4.95. The lowest BCUT2D eigenvalue weighted by Crippen LogP contribution is -2.23. The Bertz CT molecular complexity index is 589. The number of anilines is 1. The Hall–Kier alpha value is -1.62. The smallest absolute Gasteiger partial charge is 0.149 e. The molecule has 0 aliphatic heterocycles. The van der Waals surface area contributed by atoms with Gasteiger partial charge in [0.25, 0.3) is 0 Å². The van der Waals surface area contributed by atoms with Gasteiger partial charge < -0.3 is 10.1 Å². The van der Waals surface area contributed by atoms with Crippen molar-refractivity contribution >= 4 is 21.7 Å². The van der Waals surface area contributed by atoms with Crippen molar-refractivity contribution in [2.24, 2.45) is 0 Å². The van der Waals surface area contributed by atoms with Gasteiger partial charge in [-0.25, -0.2) is 0 Å². The third kappa shape index (κ3) is 3.93. The minimum atomic E-state index is 0.0251. The lowest BCUT2D eigenvalue weighted by Gasteiger charge is -2.16. The first kappa shape index (κ1) is 14.8. The van der Waals surface area contributed by atoms with Crippen LogP contribution in [0.5, 0.6) is 5.75 Å². The van der Waals surface area contributed by atoms with Crippen LogP contribution in [0, 0.1) is 13.8 Å². The van der Waals surface area contributed by atoms with Crippen LogP contribution in [0.25, 0.3) is 0 Å². The van der Waals surface area contributed by atoms with Crippen molar-refractivity contribution < 1.29 is 4.74 Å². The number of hydrogen-bond acceptors (Lipinski definition) is 4. The second-order valence-corrected chi connectivity index (χ2v) is 5.59. The van der Waals surface area contributed by atoms with E-state index in [1.54, 1.807) is 0 Å². The summed E-state index contributed by atoms with van der Waals surface area (Å²) in [4.78, 5) is 0. The molecule has 0 aliphatic rings. The summed E-state index contributed by atoms with van der Waals surface area (Å²) in [7, 11) is 0. The topological polar surface area (TPSA) is 47.0 Å². The van der Waals surface area contributed by atoms with E-state index >= 15 is 0 Å². The molecule has 0 spiro atoms. The van der Waals surface area contributed by atoms with E-state index in [1.807, 2.05) is 51.1 Å². The SMILES string of the molecule is Cc1cc(NCC(C)Oc2ccccc2Br)nnc1C. The van der Waals surface area contributed by atoms with Crippen LogP contribution in [0.3, 0.4) is 0 Å². The monoisotopic (exact) mass is 335 g/mol. The molecule has 0 aliphatic carbocycles. The van der Waals surface area contributed by atoms with E-state index in [2.05, 4.69) is 31.4 Å². The fourth-order valence-electron chi connectivity index (χ4n) is 1.68. The zero-order chi connectivity index (χ0) is 14.5. The van der Waals surface area contributed by atoms with Gasteiger partial charge >= 0.3 is 0 Å². The Labute approximate surface area is 127 Å². The molecule has 1 unspecified atom stereocenters. The van der Waals surface area contributed by atoms with Crippen LogP contribution in [-0.2, 0) is 0 Å². The molecular weight excluding hydrogens is 318 g/mol. The zero-order valence-electron chi connectivity index (χ0n) is 11.9. The predicted octanol–water partition coefficient (Wildman–Crippen LogP) is 3.74. The Morgan fingerprint density at radius 1 is 1.25 bits per heavy atom. The van der Waals surface area contributed by atoms with Gasteiger partial charge in [-0.3, -0.25) is 0 Å². The largest absolute Gasteiger partial charge is 0.488 e. The average Bonchev–Trinajstić information content (AvgIpc) is 2.43. The Morgan fingerprint density at radius 3 is 2.70 bits per heavy atom. The first-order chi connectivity index (χ1) is 9.56. The molecule has 1 heterocycles. The van der Waals surface area contributed by atoms with Crippen LogP contribution in [0.15, 0.2) is 34.8 Å². The maximum absolute atomic E-state index is 5.86. The van der Waals surface area contributed by atoms with Crippen molar-refractivity contribution in [2.45, 2.75) is 26.9 Å². The molecule has 1 N–H and O–H groups in total. The number of halogens is 1. The highest BCUT2D eigenvalue weighted by molar-refractivity contribution is 9.10. The van der Waals surface area contributed by atoms with Crippen molar-refractivity contribution in [3.8, 4) is 5.75 Å². The van der Waals surface area contributed by atoms with Crippen molar-refractivity contribution in [3.05, 3.63) is 46.1 Å². The third-order valence-corrected chi connectivity index (χ3v) is 3.62. The highest BCUT2D eigenvalue weighted by Crippen LogP contribution is 2.24. The summed E-state index contributed by atoms with van der Waals surface area (Å²) in [5, 5.41) is 11.4. The van der Waals surface area contributed by atoms with Gasteiger partial charge in [0.05, 0.1) is 16.7 Å². The number of nitrogens with zero attached hydrogens (tertiary/aromatic N) is 2. The highest BCUT2D eigenvalue weighted by atomic mass is 79.9. The number of aryl methyl sites for hydroxylation is 2. The van der Waals surface area contributed by atoms with Gasteiger partial charge in [0, 0.05) is 0 Å². The Balaban J connectivity index is 1.90. The van der Waals surface area contributed by atoms with Gasteiger partial charge in [-0.1, -0.05) is 12.1 Å². The maximum atomic E-state index is 5.86. The molecule has 20 heavy (non-hydrogen) atoms. The first-order valence-electron chi connectivity index (χ1n) is 6.52. The van der Waals surface area contributed by atoms with Gasteiger partial charge in [0.1, 0.15) is 17.7 Å². The molecule has 1 atom stereocenters. The second kappa shape index (κ2) is 6.70. The van der Waals surface area contributed by atoms with E-state index in [0.29, 0.717) is 6.54 Å². The standard InChI is InChI=1S/C15H18BrN3O/c1-10-8-15(19-18-12(10)3)17-9-11(2)20-14-7-5-4-6-13(14)16/h4-8,11H,9H2,1-3H3,(H,17,19). The molecule has 0 saturated heterocycles. The zero-order valence-corrected chi connectivity index (χ0v) is 13.4. The normalized spacial score (nSPS) is 12.0. The molecule has 1 aromatic heterocycles. The molecule has 4 nitrogen and oxygen atoms in total. The lowest BCUT2D eigenvalue weighted by molar-refractivity contribution is 0.233. The van der Waals surface area contributed by atoms with Gasteiger partial charge in [-0.2, -0.15) is 5.10 Å². The summed E-state index contributed by atoms with van der Waals surface area (Å²) in [6.45, 7) is 6.65. The molecule has 106 valence electrons. The summed E-state index contributed by atoms with van der Waals surface area (Å²) < 4.78 is 6.82. The van der Waals surface area contributed by atoms with E-state index in [0.717, 1.165) is 27.3 Å². The van der Waals surface area contributed by atoms with Gasteiger partial charge in [-0.05, 0) is 60.5 Å². The molecule has 0 radical (unpaired) electrons. The second-order valence-electron chi connectivity index (χ2n) is 4.74. The number of ether oxygens (including phenoxy) is 1. The third-order valence-electron chi connectivity index (χ3n) is 2.97. The lowest BCUT2D eigenvalue weighted by atomic mass is 10.2. The van der Waals surface area contributed by atoms with Crippen molar-refractivity contribution in [1.29, 1.82) is 0 Å². The number of aromatic nitrogens is 2. The van der Waals surface area contributed by atoms with E-state index in [1.165, 1.54) is 0 Å². The van der Waals surface area contributed by atoms with Crippen LogP contribution in [0.2, 0.25) is 0 Å².